The molecular formula is C26H37N5O5S2. The van der Waals surface area contributed by atoms with Crippen molar-refractivity contribution in [3.63, 3.8) is 0 Å². The van der Waals surface area contributed by atoms with Gasteiger partial charge in [0.25, 0.3) is 11.8 Å². The zero-order chi connectivity index (χ0) is 27.9. The van der Waals surface area contributed by atoms with E-state index in [2.05, 4.69) is 28.0 Å². The van der Waals surface area contributed by atoms with Crippen molar-refractivity contribution < 1.29 is 22.8 Å². The highest BCUT2D eigenvalue weighted by atomic mass is 32.2. The van der Waals surface area contributed by atoms with Crippen molar-refractivity contribution in [2.24, 2.45) is 0 Å². The number of anilines is 1. The Bertz CT molecular complexity index is 1260. The quantitative estimate of drug-likeness (QED) is 0.360. The third kappa shape index (κ3) is 6.99. The smallest absolute Gasteiger partial charge is 0.272 e. The number of fused-ring (bicyclic) bond motifs is 1. The maximum absolute atomic E-state index is 13.2. The van der Waals surface area contributed by atoms with Crippen LogP contribution in [0.4, 0.5) is 5.00 Å². The Balaban J connectivity index is 1.84. The maximum Gasteiger partial charge on any atom is 0.272 e. The van der Waals surface area contributed by atoms with E-state index in [1.165, 1.54) is 46.8 Å². The zero-order valence-electron chi connectivity index (χ0n) is 22.4. The second-order valence-electron chi connectivity index (χ2n) is 9.20. The minimum atomic E-state index is -3.66. The molecule has 3 N–H and O–H groups in total. The fourth-order valence-electron chi connectivity index (χ4n) is 4.38. The number of carbonyl (C=O) groups excluding carboxylic acids is 3. The summed E-state index contributed by atoms with van der Waals surface area (Å²) in [6.07, 6.45) is 3.33. The van der Waals surface area contributed by atoms with Crippen LogP contribution in [0.2, 0.25) is 0 Å². The molecule has 12 heteroatoms. The molecule has 0 aliphatic carbocycles. The topological polar surface area (TPSA) is 128 Å². The fourth-order valence-corrected chi connectivity index (χ4v) is 7.15. The van der Waals surface area contributed by atoms with Gasteiger partial charge in [0.2, 0.25) is 15.9 Å². The van der Waals surface area contributed by atoms with Gasteiger partial charge in [-0.25, -0.2) is 8.42 Å². The van der Waals surface area contributed by atoms with E-state index in [4.69, 9.17) is 0 Å². The van der Waals surface area contributed by atoms with Gasteiger partial charge in [-0.1, -0.05) is 27.2 Å². The largest absolute Gasteiger partial charge is 0.313 e. The molecule has 1 aromatic carbocycles. The molecule has 1 aliphatic rings. The van der Waals surface area contributed by atoms with Gasteiger partial charge in [0.1, 0.15) is 5.00 Å². The Morgan fingerprint density at radius 3 is 2.34 bits per heavy atom. The Labute approximate surface area is 228 Å². The molecule has 208 valence electrons. The molecule has 0 fully saturated rings. The van der Waals surface area contributed by atoms with Crippen LogP contribution in [0.25, 0.3) is 0 Å². The van der Waals surface area contributed by atoms with Crippen LogP contribution in [-0.4, -0.2) is 61.5 Å². The van der Waals surface area contributed by atoms with E-state index in [9.17, 15) is 22.8 Å². The Morgan fingerprint density at radius 1 is 1.03 bits per heavy atom. The summed E-state index contributed by atoms with van der Waals surface area (Å²) >= 11 is 1.35. The van der Waals surface area contributed by atoms with Crippen LogP contribution in [0.3, 0.4) is 0 Å². The standard InChI is InChI=1S/C26H37N5O5S2/c1-5-8-15-31(7-3)38(35,36)20-11-9-19(10-12-20)24(33)27-26-23(25(34)29-28-18(4)32)21-13-16-30(14-6-2)17-22(21)37-26/h9-12H,5-8,13-17H2,1-4H3,(H,27,33)(H,28,32)(H,29,34). The number of carbonyl (C=O) groups is 3. The highest BCUT2D eigenvalue weighted by Crippen LogP contribution is 2.37. The van der Waals surface area contributed by atoms with Crippen molar-refractivity contribution in [3.05, 3.63) is 45.8 Å². The highest BCUT2D eigenvalue weighted by molar-refractivity contribution is 7.89. The lowest BCUT2D eigenvalue weighted by atomic mass is 10.0. The lowest BCUT2D eigenvalue weighted by Gasteiger charge is -2.26. The van der Waals surface area contributed by atoms with Gasteiger partial charge in [-0.3, -0.25) is 30.1 Å². The van der Waals surface area contributed by atoms with Crippen molar-refractivity contribution in [1.82, 2.24) is 20.1 Å². The molecule has 0 radical (unpaired) electrons. The Kier molecular flexibility index (Phi) is 10.4. The minimum absolute atomic E-state index is 0.130. The molecule has 0 spiro atoms. The molecule has 0 bridgehead atoms. The first kappa shape index (κ1) is 29.8. The van der Waals surface area contributed by atoms with E-state index in [1.807, 2.05) is 6.92 Å². The summed E-state index contributed by atoms with van der Waals surface area (Å²) in [4.78, 5) is 40.9. The molecule has 3 amide bonds. The highest BCUT2D eigenvalue weighted by Gasteiger charge is 2.29. The second-order valence-corrected chi connectivity index (χ2v) is 12.2. The van der Waals surface area contributed by atoms with Crippen LogP contribution in [-0.2, 0) is 27.8 Å². The van der Waals surface area contributed by atoms with Gasteiger partial charge in [0.15, 0.2) is 0 Å². The van der Waals surface area contributed by atoms with Gasteiger partial charge >= 0.3 is 0 Å². The SMILES string of the molecule is CCCCN(CC)S(=O)(=O)c1ccc(C(=O)Nc2sc3c(c2C(=O)NNC(C)=O)CCN(CCC)C3)cc1. The third-order valence-corrected chi connectivity index (χ3v) is 9.47. The van der Waals surface area contributed by atoms with Gasteiger partial charge in [-0.15, -0.1) is 11.3 Å². The van der Waals surface area contributed by atoms with Gasteiger partial charge < -0.3 is 5.32 Å². The fraction of sp³-hybridized carbons (Fsp3) is 0.500. The van der Waals surface area contributed by atoms with Crippen molar-refractivity contribution in [3.8, 4) is 0 Å². The van der Waals surface area contributed by atoms with Gasteiger partial charge in [-0.05, 0) is 55.6 Å². The first-order chi connectivity index (χ1) is 18.1. The summed E-state index contributed by atoms with van der Waals surface area (Å²) in [7, 11) is -3.66. The molecule has 0 atom stereocenters. The van der Waals surface area contributed by atoms with Gasteiger partial charge in [0, 0.05) is 43.5 Å². The van der Waals surface area contributed by atoms with Crippen molar-refractivity contribution in [2.45, 2.75) is 64.8 Å². The number of nitrogens with one attached hydrogen (secondary N) is 3. The molecule has 1 aliphatic heterocycles. The third-order valence-electron chi connectivity index (χ3n) is 6.35. The van der Waals surface area contributed by atoms with E-state index in [0.717, 1.165) is 42.8 Å². The molecule has 38 heavy (non-hydrogen) atoms. The molecule has 0 unspecified atom stereocenters. The van der Waals surface area contributed by atoms with Crippen molar-refractivity contribution >= 4 is 44.1 Å². The van der Waals surface area contributed by atoms with E-state index >= 15 is 0 Å². The van der Waals surface area contributed by atoms with Crippen LogP contribution in [0, 0.1) is 0 Å². The molecule has 3 rings (SSSR count). The first-order valence-electron chi connectivity index (χ1n) is 13.0. The zero-order valence-corrected chi connectivity index (χ0v) is 24.1. The van der Waals surface area contributed by atoms with Crippen LogP contribution in [0.1, 0.15) is 78.1 Å². The lowest BCUT2D eigenvalue weighted by Crippen LogP contribution is -2.41. The molecule has 10 nitrogen and oxygen atoms in total. The second kappa shape index (κ2) is 13.3. The van der Waals surface area contributed by atoms with Gasteiger partial charge in [0.05, 0.1) is 10.5 Å². The van der Waals surface area contributed by atoms with Gasteiger partial charge in [-0.2, -0.15) is 4.31 Å². The van der Waals surface area contributed by atoms with E-state index in [-0.39, 0.29) is 10.5 Å². The number of amides is 3. The Morgan fingerprint density at radius 2 is 1.74 bits per heavy atom. The summed E-state index contributed by atoms with van der Waals surface area (Å²) in [5, 5.41) is 3.24. The normalized spacial score (nSPS) is 13.7. The molecular weight excluding hydrogens is 526 g/mol. The van der Waals surface area contributed by atoms with Crippen LogP contribution in [0.5, 0.6) is 0 Å². The van der Waals surface area contributed by atoms with E-state index in [0.29, 0.717) is 36.6 Å². The number of hydrogen-bond acceptors (Lipinski definition) is 7. The summed E-state index contributed by atoms with van der Waals surface area (Å²) in [5.41, 5.74) is 6.21. The Hall–Kier alpha value is -2.80. The number of nitrogens with zero attached hydrogens (tertiary/aromatic N) is 2. The number of hydrazine groups is 1. The number of rotatable bonds is 11. The predicted octanol–water partition coefficient (Wildman–Crippen LogP) is 3.36. The number of thiophene rings is 1. The summed E-state index contributed by atoms with van der Waals surface area (Å²) in [6, 6.07) is 5.82. The lowest BCUT2D eigenvalue weighted by molar-refractivity contribution is -0.119. The van der Waals surface area contributed by atoms with Crippen LogP contribution in [0.15, 0.2) is 29.2 Å². The number of benzene rings is 1. The van der Waals surface area contributed by atoms with Crippen molar-refractivity contribution in [1.29, 1.82) is 0 Å². The number of hydrogen-bond donors (Lipinski definition) is 3. The number of sulfonamides is 1. The average Bonchev–Trinajstić information content (AvgIpc) is 3.24. The van der Waals surface area contributed by atoms with Crippen molar-refractivity contribution in [2.75, 3.05) is 31.5 Å². The summed E-state index contributed by atoms with van der Waals surface area (Å²) in [5.74, 6) is -1.36. The molecule has 0 saturated carbocycles. The summed E-state index contributed by atoms with van der Waals surface area (Å²) < 4.78 is 27.4. The number of unbranched alkanes of at least 4 members (excludes halogenated alkanes) is 1. The maximum atomic E-state index is 13.2. The van der Waals surface area contributed by atoms with E-state index in [1.54, 1.807) is 6.92 Å². The molecule has 2 aromatic rings. The van der Waals surface area contributed by atoms with E-state index < -0.39 is 27.7 Å². The first-order valence-corrected chi connectivity index (χ1v) is 15.2. The molecule has 1 aromatic heterocycles. The summed E-state index contributed by atoms with van der Waals surface area (Å²) in [6.45, 7) is 10.5. The van der Waals surface area contributed by atoms with Crippen LogP contribution >= 0.6 is 11.3 Å². The monoisotopic (exact) mass is 563 g/mol. The predicted molar refractivity (Wildman–Crippen MR) is 149 cm³/mol. The average molecular weight is 564 g/mol. The minimum Gasteiger partial charge on any atom is -0.313 e. The molecule has 0 saturated heterocycles. The van der Waals surface area contributed by atoms with Crippen LogP contribution < -0.4 is 16.2 Å². The molecule has 2 heterocycles.